The van der Waals surface area contributed by atoms with Gasteiger partial charge < -0.3 is 4.90 Å². The largest absolute Gasteiger partial charge is 0.359 e. The zero-order valence-corrected chi connectivity index (χ0v) is 11.4. The number of H-pyrrole nitrogens is 1. The lowest BCUT2D eigenvalue weighted by Crippen LogP contribution is -2.24. The Bertz CT molecular complexity index is 599. The Morgan fingerprint density at radius 1 is 1.50 bits per heavy atom. The number of tetrazole rings is 1. The zero-order valence-electron chi connectivity index (χ0n) is 11.4. The first-order valence-electron chi connectivity index (χ1n) is 6.05. The van der Waals surface area contributed by atoms with Crippen LogP contribution < -0.4 is 4.90 Å². The molecular formula is C11H15N7O2. The molecule has 2 aromatic rings. The Morgan fingerprint density at radius 3 is 2.80 bits per heavy atom. The zero-order chi connectivity index (χ0) is 14.7. The summed E-state index contributed by atoms with van der Waals surface area (Å²) < 4.78 is 0. The number of hydrogen-bond acceptors (Lipinski definition) is 7. The summed E-state index contributed by atoms with van der Waals surface area (Å²) in [5.41, 5.74) is 0.417. The third kappa shape index (κ3) is 2.87. The smallest absolute Gasteiger partial charge is 0.290 e. The summed E-state index contributed by atoms with van der Waals surface area (Å²) in [6, 6.07) is 3.10. The Balaban J connectivity index is 2.11. The molecule has 0 aliphatic carbocycles. The Kier molecular flexibility index (Phi) is 3.87. The molecule has 2 heterocycles. The van der Waals surface area contributed by atoms with E-state index in [0.717, 1.165) is 0 Å². The second-order valence-corrected chi connectivity index (χ2v) is 4.58. The van der Waals surface area contributed by atoms with Gasteiger partial charge in [0.25, 0.3) is 5.69 Å². The van der Waals surface area contributed by atoms with E-state index in [4.69, 9.17) is 0 Å². The molecule has 20 heavy (non-hydrogen) atoms. The number of nitrogens with one attached hydrogen (secondary N) is 1. The molecule has 0 fully saturated rings. The lowest BCUT2D eigenvalue weighted by atomic mass is 10.1. The molecule has 1 atom stereocenters. The van der Waals surface area contributed by atoms with Gasteiger partial charge in [0.2, 0.25) is 0 Å². The van der Waals surface area contributed by atoms with Gasteiger partial charge in [0.05, 0.1) is 4.92 Å². The first-order valence-corrected chi connectivity index (χ1v) is 6.05. The average molecular weight is 277 g/mol. The van der Waals surface area contributed by atoms with E-state index >= 15 is 0 Å². The molecule has 0 aliphatic rings. The highest BCUT2D eigenvalue weighted by molar-refractivity contribution is 5.46. The van der Waals surface area contributed by atoms with Crippen molar-refractivity contribution in [3.05, 3.63) is 33.8 Å². The molecule has 0 radical (unpaired) electrons. The van der Waals surface area contributed by atoms with Gasteiger partial charge in [-0.2, -0.15) is 5.21 Å². The van der Waals surface area contributed by atoms with Crippen molar-refractivity contribution in [1.29, 1.82) is 0 Å². The molecule has 0 aromatic carbocycles. The van der Waals surface area contributed by atoms with Gasteiger partial charge in [-0.05, 0) is 13.0 Å². The summed E-state index contributed by atoms with van der Waals surface area (Å²) >= 11 is 0. The van der Waals surface area contributed by atoms with Gasteiger partial charge in [-0.15, -0.1) is 10.2 Å². The van der Waals surface area contributed by atoms with E-state index < -0.39 is 4.92 Å². The SMILES string of the molecule is Cc1nc(N(C)CC(C)c2nn[nH]n2)ccc1[N+](=O)[O-]. The molecular weight excluding hydrogens is 262 g/mol. The lowest BCUT2D eigenvalue weighted by Gasteiger charge is -2.21. The van der Waals surface area contributed by atoms with Crippen LogP contribution in [0.1, 0.15) is 24.4 Å². The van der Waals surface area contributed by atoms with E-state index in [1.54, 1.807) is 13.0 Å². The molecule has 9 nitrogen and oxygen atoms in total. The summed E-state index contributed by atoms with van der Waals surface area (Å²) in [6.07, 6.45) is 0. The van der Waals surface area contributed by atoms with Crippen LogP contribution in [-0.4, -0.2) is 44.1 Å². The quantitative estimate of drug-likeness (QED) is 0.641. The number of aryl methyl sites for hydroxylation is 1. The van der Waals surface area contributed by atoms with Gasteiger partial charge in [-0.1, -0.05) is 12.1 Å². The van der Waals surface area contributed by atoms with Crippen molar-refractivity contribution in [1.82, 2.24) is 25.6 Å². The number of pyridine rings is 1. The van der Waals surface area contributed by atoms with Crippen LogP contribution in [0.4, 0.5) is 11.5 Å². The lowest BCUT2D eigenvalue weighted by molar-refractivity contribution is -0.385. The molecule has 0 saturated carbocycles. The molecule has 0 spiro atoms. The highest BCUT2D eigenvalue weighted by atomic mass is 16.6. The number of rotatable bonds is 5. The number of aromatic amines is 1. The molecule has 2 aromatic heterocycles. The fourth-order valence-electron chi connectivity index (χ4n) is 1.91. The summed E-state index contributed by atoms with van der Waals surface area (Å²) in [5.74, 6) is 1.36. The van der Waals surface area contributed by atoms with E-state index in [1.165, 1.54) is 6.07 Å². The van der Waals surface area contributed by atoms with Crippen LogP contribution in [0, 0.1) is 17.0 Å². The minimum Gasteiger partial charge on any atom is -0.359 e. The van der Waals surface area contributed by atoms with Gasteiger partial charge in [0, 0.05) is 25.6 Å². The van der Waals surface area contributed by atoms with Crippen LogP contribution in [-0.2, 0) is 0 Å². The van der Waals surface area contributed by atoms with Gasteiger partial charge in [0.1, 0.15) is 11.5 Å². The molecule has 106 valence electrons. The van der Waals surface area contributed by atoms with Gasteiger partial charge in [-0.3, -0.25) is 10.1 Å². The topological polar surface area (TPSA) is 114 Å². The van der Waals surface area contributed by atoms with E-state index in [0.29, 0.717) is 23.9 Å². The van der Waals surface area contributed by atoms with E-state index in [-0.39, 0.29) is 11.6 Å². The second kappa shape index (κ2) is 5.59. The maximum absolute atomic E-state index is 10.8. The molecule has 0 saturated heterocycles. The fraction of sp³-hybridized carbons (Fsp3) is 0.455. The molecule has 1 N–H and O–H groups in total. The monoisotopic (exact) mass is 277 g/mol. The number of hydrogen-bond donors (Lipinski definition) is 1. The fourth-order valence-corrected chi connectivity index (χ4v) is 1.91. The first-order chi connectivity index (χ1) is 9.49. The number of anilines is 1. The molecule has 9 heteroatoms. The molecule has 2 rings (SSSR count). The van der Waals surface area contributed by atoms with Gasteiger partial charge >= 0.3 is 0 Å². The molecule has 1 unspecified atom stereocenters. The summed E-state index contributed by atoms with van der Waals surface area (Å²) in [7, 11) is 1.87. The number of aromatic nitrogens is 5. The maximum atomic E-state index is 10.8. The Morgan fingerprint density at radius 2 is 2.25 bits per heavy atom. The summed E-state index contributed by atoms with van der Waals surface area (Å²) in [4.78, 5) is 16.5. The van der Waals surface area contributed by atoms with Gasteiger partial charge in [-0.25, -0.2) is 4.98 Å². The normalized spacial score (nSPS) is 12.2. The van der Waals surface area contributed by atoms with Crippen LogP contribution in [0.3, 0.4) is 0 Å². The highest BCUT2D eigenvalue weighted by Gasteiger charge is 2.17. The van der Waals surface area contributed by atoms with Crippen molar-refractivity contribution in [3.63, 3.8) is 0 Å². The third-order valence-electron chi connectivity index (χ3n) is 2.98. The molecule has 0 amide bonds. The highest BCUT2D eigenvalue weighted by Crippen LogP contribution is 2.21. The van der Waals surface area contributed by atoms with Crippen molar-refractivity contribution in [2.45, 2.75) is 19.8 Å². The first kappa shape index (κ1) is 13.8. The third-order valence-corrected chi connectivity index (χ3v) is 2.98. The van der Waals surface area contributed by atoms with Crippen molar-refractivity contribution < 1.29 is 4.92 Å². The minimum atomic E-state index is -0.436. The predicted octanol–water partition coefficient (Wildman–Crippen LogP) is 1.05. The van der Waals surface area contributed by atoms with Crippen molar-refractivity contribution in [3.8, 4) is 0 Å². The van der Waals surface area contributed by atoms with E-state index in [1.807, 2.05) is 18.9 Å². The van der Waals surface area contributed by atoms with Crippen LogP contribution in [0.25, 0.3) is 0 Å². The Labute approximate surface area is 115 Å². The molecule has 0 aliphatic heterocycles. The Hall–Kier alpha value is -2.58. The van der Waals surface area contributed by atoms with Gasteiger partial charge in [0.15, 0.2) is 5.82 Å². The number of likely N-dealkylation sites (N-methyl/N-ethyl adjacent to an activating group) is 1. The maximum Gasteiger partial charge on any atom is 0.290 e. The van der Waals surface area contributed by atoms with E-state index in [9.17, 15) is 10.1 Å². The average Bonchev–Trinajstić information content (AvgIpc) is 2.91. The van der Waals surface area contributed by atoms with Crippen molar-refractivity contribution in [2.24, 2.45) is 0 Å². The van der Waals surface area contributed by atoms with Crippen LogP contribution in [0.2, 0.25) is 0 Å². The summed E-state index contributed by atoms with van der Waals surface area (Å²) in [5, 5.41) is 24.6. The molecule has 0 bridgehead atoms. The van der Waals surface area contributed by atoms with Crippen LogP contribution >= 0.6 is 0 Å². The minimum absolute atomic E-state index is 0.0216. The van der Waals surface area contributed by atoms with E-state index in [2.05, 4.69) is 25.6 Å². The van der Waals surface area contributed by atoms with Crippen molar-refractivity contribution in [2.75, 3.05) is 18.5 Å². The number of nitrogens with zero attached hydrogens (tertiary/aromatic N) is 6. The summed E-state index contributed by atoms with van der Waals surface area (Å²) in [6.45, 7) is 4.22. The van der Waals surface area contributed by atoms with Crippen LogP contribution in [0.5, 0.6) is 0 Å². The standard InChI is InChI=1S/C11H15N7O2/c1-7(11-13-15-16-14-11)6-17(3)10-5-4-9(18(19)20)8(2)12-10/h4-5,7H,6H2,1-3H3,(H,13,14,15,16). The van der Waals surface area contributed by atoms with Crippen LogP contribution in [0.15, 0.2) is 12.1 Å². The number of nitro groups is 1. The predicted molar refractivity (Wildman–Crippen MR) is 71.5 cm³/mol. The van der Waals surface area contributed by atoms with Crippen molar-refractivity contribution >= 4 is 11.5 Å². The second-order valence-electron chi connectivity index (χ2n) is 4.58.